The van der Waals surface area contributed by atoms with Gasteiger partial charge in [-0.05, 0) is 36.8 Å². The first-order valence-electron chi connectivity index (χ1n) is 7.06. The van der Waals surface area contributed by atoms with Crippen LogP contribution in [0.15, 0.2) is 54.6 Å². The first kappa shape index (κ1) is 15.7. The number of carbonyl (C=O) groups excluding carboxylic acids is 1. The van der Waals surface area contributed by atoms with E-state index in [2.05, 4.69) is 5.32 Å². The molecular weight excluding hydrogens is 280 g/mol. The SMILES string of the molecule is CC(NC(=O)N(C)Cc1ccccc1)Oc1ccc(O)cc1. The van der Waals surface area contributed by atoms with E-state index >= 15 is 0 Å². The van der Waals surface area contributed by atoms with Gasteiger partial charge in [0.15, 0.2) is 6.23 Å². The van der Waals surface area contributed by atoms with E-state index in [1.165, 1.54) is 12.1 Å². The molecule has 1 atom stereocenters. The zero-order valence-electron chi connectivity index (χ0n) is 12.7. The maximum Gasteiger partial charge on any atom is 0.320 e. The van der Waals surface area contributed by atoms with Gasteiger partial charge in [0.1, 0.15) is 11.5 Å². The van der Waals surface area contributed by atoms with Gasteiger partial charge in [-0.15, -0.1) is 0 Å². The van der Waals surface area contributed by atoms with Crippen molar-refractivity contribution < 1.29 is 14.6 Å². The molecule has 0 aromatic heterocycles. The van der Waals surface area contributed by atoms with Crippen LogP contribution in [0.2, 0.25) is 0 Å². The molecule has 0 aliphatic heterocycles. The minimum absolute atomic E-state index is 0.173. The number of aromatic hydroxyl groups is 1. The highest BCUT2D eigenvalue weighted by molar-refractivity contribution is 5.74. The third kappa shape index (κ3) is 4.70. The number of nitrogens with one attached hydrogen (secondary N) is 1. The van der Waals surface area contributed by atoms with Crippen LogP contribution in [-0.2, 0) is 6.54 Å². The third-order valence-corrected chi connectivity index (χ3v) is 3.09. The van der Waals surface area contributed by atoms with Crippen LogP contribution in [0, 0.1) is 0 Å². The van der Waals surface area contributed by atoms with Crippen molar-refractivity contribution in [1.82, 2.24) is 10.2 Å². The second-order valence-corrected chi connectivity index (χ2v) is 5.05. The Kier molecular flexibility index (Phi) is 5.25. The van der Waals surface area contributed by atoms with Crippen LogP contribution >= 0.6 is 0 Å². The summed E-state index contributed by atoms with van der Waals surface area (Å²) in [5.41, 5.74) is 1.06. The number of ether oxygens (including phenoxy) is 1. The van der Waals surface area contributed by atoms with Gasteiger partial charge in [-0.1, -0.05) is 30.3 Å². The summed E-state index contributed by atoms with van der Waals surface area (Å²) in [7, 11) is 1.73. The molecule has 0 aliphatic carbocycles. The van der Waals surface area contributed by atoms with Crippen molar-refractivity contribution >= 4 is 6.03 Å². The molecule has 0 fully saturated rings. The number of hydrogen-bond acceptors (Lipinski definition) is 3. The lowest BCUT2D eigenvalue weighted by molar-refractivity contribution is 0.157. The van der Waals surface area contributed by atoms with E-state index < -0.39 is 6.23 Å². The van der Waals surface area contributed by atoms with Crippen molar-refractivity contribution in [2.45, 2.75) is 19.7 Å². The predicted octanol–water partition coefficient (Wildman–Crippen LogP) is 2.96. The van der Waals surface area contributed by atoms with Crippen LogP contribution in [0.3, 0.4) is 0 Å². The predicted molar refractivity (Wildman–Crippen MR) is 84.6 cm³/mol. The fourth-order valence-electron chi connectivity index (χ4n) is 1.97. The Bertz CT molecular complexity index is 599. The molecule has 0 spiro atoms. The molecule has 116 valence electrons. The quantitative estimate of drug-likeness (QED) is 0.835. The molecule has 2 aromatic rings. The van der Waals surface area contributed by atoms with Gasteiger partial charge in [0, 0.05) is 13.6 Å². The Hall–Kier alpha value is -2.69. The number of carbonyl (C=O) groups is 1. The fraction of sp³-hybridized carbons (Fsp3) is 0.235. The molecule has 2 N–H and O–H groups in total. The van der Waals surface area contributed by atoms with Gasteiger partial charge in [0.2, 0.25) is 0 Å². The van der Waals surface area contributed by atoms with Gasteiger partial charge in [0.05, 0.1) is 0 Å². The lowest BCUT2D eigenvalue weighted by Crippen LogP contribution is -2.43. The minimum Gasteiger partial charge on any atom is -0.508 e. The van der Waals surface area contributed by atoms with Gasteiger partial charge < -0.3 is 20.1 Å². The van der Waals surface area contributed by atoms with Gasteiger partial charge in [-0.25, -0.2) is 4.79 Å². The number of nitrogens with zero attached hydrogens (tertiary/aromatic N) is 1. The van der Waals surface area contributed by atoms with E-state index in [-0.39, 0.29) is 11.8 Å². The lowest BCUT2D eigenvalue weighted by Gasteiger charge is -2.22. The normalized spacial score (nSPS) is 11.5. The Labute approximate surface area is 130 Å². The molecule has 2 amide bonds. The average molecular weight is 300 g/mol. The van der Waals surface area contributed by atoms with E-state index in [0.29, 0.717) is 12.3 Å². The molecule has 0 saturated carbocycles. The molecule has 0 bridgehead atoms. The maximum absolute atomic E-state index is 12.1. The van der Waals surface area contributed by atoms with Crippen molar-refractivity contribution in [3.05, 3.63) is 60.2 Å². The molecule has 22 heavy (non-hydrogen) atoms. The summed E-state index contributed by atoms with van der Waals surface area (Å²) in [6, 6.07) is 15.9. The van der Waals surface area contributed by atoms with Crippen molar-refractivity contribution in [2.24, 2.45) is 0 Å². The topological polar surface area (TPSA) is 61.8 Å². The summed E-state index contributed by atoms with van der Waals surface area (Å²) >= 11 is 0. The first-order chi connectivity index (χ1) is 10.5. The number of phenolic OH excluding ortho intramolecular Hbond substituents is 1. The molecule has 5 heteroatoms. The van der Waals surface area contributed by atoms with E-state index in [0.717, 1.165) is 5.56 Å². The summed E-state index contributed by atoms with van der Waals surface area (Å²) < 4.78 is 5.57. The van der Waals surface area contributed by atoms with Gasteiger partial charge in [-0.3, -0.25) is 0 Å². The van der Waals surface area contributed by atoms with Crippen LogP contribution in [0.5, 0.6) is 11.5 Å². The third-order valence-electron chi connectivity index (χ3n) is 3.09. The number of amides is 2. The Morgan fingerprint density at radius 3 is 2.45 bits per heavy atom. The van der Waals surface area contributed by atoms with Crippen LogP contribution < -0.4 is 10.1 Å². The van der Waals surface area contributed by atoms with Gasteiger partial charge >= 0.3 is 6.03 Å². The van der Waals surface area contributed by atoms with Gasteiger partial charge in [0.25, 0.3) is 0 Å². The highest BCUT2D eigenvalue weighted by Crippen LogP contribution is 2.16. The van der Waals surface area contributed by atoms with Gasteiger partial charge in [-0.2, -0.15) is 0 Å². The Morgan fingerprint density at radius 2 is 1.82 bits per heavy atom. The molecule has 1 unspecified atom stereocenters. The number of rotatable bonds is 5. The summed E-state index contributed by atoms with van der Waals surface area (Å²) in [6.07, 6.45) is -0.477. The van der Waals surface area contributed by atoms with Crippen LogP contribution in [0.25, 0.3) is 0 Å². The first-order valence-corrected chi connectivity index (χ1v) is 7.06. The van der Waals surface area contributed by atoms with E-state index in [1.807, 2.05) is 30.3 Å². The molecule has 2 rings (SSSR count). The lowest BCUT2D eigenvalue weighted by atomic mass is 10.2. The zero-order valence-corrected chi connectivity index (χ0v) is 12.7. The highest BCUT2D eigenvalue weighted by Gasteiger charge is 2.13. The Morgan fingerprint density at radius 1 is 1.18 bits per heavy atom. The number of hydrogen-bond donors (Lipinski definition) is 2. The summed E-state index contributed by atoms with van der Waals surface area (Å²) in [5.74, 6) is 0.753. The smallest absolute Gasteiger partial charge is 0.320 e. The monoisotopic (exact) mass is 300 g/mol. The van der Waals surface area contributed by atoms with E-state index in [1.54, 1.807) is 31.0 Å². The second-order valence-electron chi connectivity index (χ2n) is 5.05. The molecule has 0 aliphatic rings. The van der Waals surface area contributed by atoms with Crippen LogP contribution in [0.1, 0.15) is 12.5 Å². The average Bonchev–Trinajstić information content (AvgIpc) is 2.50. The van der Waals surface area contributed by atoms with Crippen molar-refractivity contribution in [3.63, 3.8) is 0 Å². The summed E-state index contributed by atoms with van der Waals surface area (Å²) in [6.45, 7) is 2.28. The van der Waals surface area contributed by atoms with E-state index in [4.69, 9.17) is 4.74 Å². The summed E-state index contributed by atoms with van der Waals surface area (Å²) in [4.78, 5) is 13.7. The summed E-state index contributed by atoms with van der Waals surface area (Å²) in [5, 5.41) is 12.0. The largest absolute Gasteiger partial charge is 0.508 e. The highest BCUT2D eigenvalue weighted by atomic mass is 16.5. The molecule has 0 saturated heterocycles. The van der Waals surface area contributed by atoms with E-state index in [9.17, 15) is 9.90 Å². The number of phenols is 1. The van der Waals surface area contributed by atoms with Crippen molar-refractivity contribution in [3.8, 4) is 11.5 Å². The number of benzene rings is 2. The van der Waals surface area contributed by atoms with Crippen LogP contribution in [0.4, 0.5) is 4.79 Å². The van der Waals surface area contributed by atoms with Crippen molar-refractivity contribution in [2.75, 3.05) is 7.05 Å². The minimum atomic E-state index is -0.477. The van der Waals surface area contributed by atoms with Crippen molar-refractivity contribution in [1.29, 1.82) is 0 Å². The fourth-order valence-corrected chi connectivity index (χ4v) is 1.97. The molecule has 5 nitrogen and oxygen atoms in total. The zero-order chi connectivity index (χ0) is 15.9. The van der Waals surface area contributed by atoms with Crippen LogP contribution in [-0.4, -0.2) is 29.3 Å². The Balaban J connectivity index is 1.83. The molecule has 0 radical (unpaired) electrons. The molecular formula is C17H20N2O3. The second kappa shape index (κ2) is 7.36. The standard InChI is InChI=1S/C17H20N2O3/c1-13(22-16-10-8-15(20)9-11-16)18-17(21)19(2)12-14-6-4-3-5-7-14/h3-11,13,20H,12H2,1-2H3,(H,18,21). The molecule has 2 aromatic carbocycles. The molecule has 0 heterocycles. The maximum atomic E-state index is 12.1. The number of urea groups is 1.